The molecule has 2 nitrogen and oxygen atoms in total. The van der Waals surface area contributed by atoms with E-state index in [1.807, 2.05) is 13.8 Å². The van der Waals surface area contributed by atoms with Crippen LogP contribution in [0.25, 0.3) is 0 Å². The van der Waals surface area contributed by atoms with Gasteiger partial charge in [0.05, 0.1) is 16.6 Å². The molecular weight excluding hydrogens is 273 g/mol. The molecular formula is C12H17BrFNO. The Morgan fingerprint density at radius 3 is 2.62 bits per heavy atom. The van der Waals surface area contributed by atoms with Gasteiger partial charge >= 0.3 is 0 Å². The molecule has 0 fully saturated rings. The highest BCUT2D eigenvalue weighted by Gasteiger charge is 2.22. The molecule has 1 rings (SSSR count). The van der Waals surface area contributed by atoms with E-state index in [2.05, 4.69) is 15.9 Å². The van der Waals surface area contributed by atoms with Gasteiger partial charge in [0, 0.05) is 0 Å². The van der Waals surface area contributed by atoms with Crippen molar-refractivity contribution < 1.29 is 9.50 Å². The zero-order valence-electron chi connectivity index (χ0n) is 9.45. The molecule has 3 atom stereocenters. The highest BCUT2D eigenvalue weighted by Crippen LogP contribution is 2.24. The fourth-order valence-electron chi connectivity index (χ4n) is 1.51. The van der Waals surface area contributed by atoms with Gasteiger partial charge in [-0.1, -0.05) is 26.3 Å². The molecule has 1 aromatic carbocycles. The Kier molecular flexibility index (Phi) is 4.89. The van der Waals surface area contributed by atoms with E-state index in [9.17, 15) is 9.50 Å². The Bertz CT molecular complexity index is 359. The Balaban J connectivity index is 2.87. The highest BCUT2D eigenvalue weighted by molar-refractivity contribution is 9.10. The second-order valence-electron chi connectivity index (χ2n) is 4.08. The number of hydrogen-bond donors (Lipinski definition) is 2. The van der Waals surface area contributed by atoms with Crippen LogP contribution in [0.4, 0.5) is 4.39 Å². The molecule has 4 heteroatoms. The van der Waals surface area contributed by atoms with E-state index in [0.717, 1.165) is 6.42 Å². The number of aliphatic hydroxyl groups excluding tert-OH is 1. The van der Waals surface area contributed by atoms with Crippen molar-refractivity contribution in [2.75, 3.05) is 0 Å². The average Bonchev–Trinajstić information content (AvgIpc) is 2.29. The molecule has 1 aromatic rings. The van der Waals surface area contributed by atoms with Gasteiger partial charge in [0.1, 0.15) is 5.82 Å². The molecule has 0 radical (unpaired) electrons. The predicted octanol–water partition coefficient (Wildman–Crippen LogP) is 3.00. The van der Waals surface area contributed by atoms with Crippen molar-refractivity contribution in [1.82, 2.24) is 0 Å². The third-order valence-electron chi connectivity index (χ3n) is 2.92. The van der Waals surface area contributed by atoms with Gasteiger partial charge in [0.2, 0.25) is 0 Å². The van der Waals surface area contributed by atoms with E-state index in [1.165, 1.54) is 6.07 Å². The Morgan fingerprint density at radius 2 is 2.12 bits per heavy atom. The third-order valence-corrected chi connectivity index (χ3v) is 3.57. The van der Waals surface area contributed by atoms with Crippen LogP contribution in [-0.4, -0.2) is 11.2 Å². The largest absolute Gasteiger partial charge is 0.391 e. The van der Waals surface area contributed by atoms with Gasteiger partial charge in [-0.15, -0.1) is 0 Å². The minimum atomic E-state index is -0.648. The second-order valence-corrected chi connectivity index (χ2v) is 4.93. The minimum Gasteiger partial charge on any atom is -0.391 e. The van der Waals surface area contributed by atoms with Crippen molar-refractivity contribution in [3.63, 3.8) is 0 Å². The first kappa shape index (κ1) is 13.6. The van der Waals surface area contributed by atoms with Crippen LogP contribution in [0.5, 0.6) is 0 Å². The van der Waals surface area contributed by atoms with E-state index in [0.29, 0.717) is 10.0 Å². The molecule has 0 aliphatic carbocycles. The van der Waals surface area contributed by atoms with E-state index >= 15 is 0 Å². The summed E-state index contributed by atoms with van der Waals surface area (Å²) in [6.07, 6.45) is 0.194. The highest BCUT2D eigenvalue weighted by atomic mass is 79.9. The zero-order chi connectivity index (χ0) is 12.3. The van der Waals surface area contributed by atoms with Gasteiger partial charge in [0.25, 0.3) is 0 Å². The summed E-state index contributed by atoms with van der Waals surface area (Å²) in [6.45, 7) is 3.92. The van der Waals surface area contributed by atoms with E-state index < -0.39 is 12.1 Å². The summed E-state index contributed by atoms with van der Waals surface area (Å²) in [7, 11) is 0. The molecule has 1 unspecified atom stereocenters. The van der Waals surface area contributed by atoms with E-state index in [1.54, 1.807) is 12.1 Å². The molecule has 0 aliphatic heterocycles. The normalized spacial score (nSPS) is 16.9. The number of aliphatic hydroxyl groups is 1. The van der Waals surface area contributed by atoms with Gasteiger partial charge in [-0.05, 0) is 39.5 Å². The Morgan fingerprint density at radius 1 is 1.50 bits per heavy atom. The monoisotopic (exact) mass is 289 g/mol. The lowest BCUT2D eigenvalue weighted by Crippen LogP contribution is -2.31. The molecule has 0 saturated heterocycles. The lowest BCUT2D eigenvalue weighted by molar-refractivity contribution is 0.0879. The molecule has 16 heavy (non-hydrogen) atoms. The number of rotatable bonds is 4. The van der Waals surface area contributed by atoms with Crippen LogP contribution in [-0.2, 0) is 0 Å². The van der Waals surface area contributed by atoms with Crippen molar-refractivity contribution in [2.45, 2.75) is 32.4 Å². The van der Waals surface area contributed by atoms with Crippen molar-refractivity contribution in [3.8, 4) is 0 Å². The van der Waals surface area contributed by atoms with Gasteiger partial charge in [-0.3, -0.25) is 0 Å². The van der Waals surface area contributed by atoms with Crippen molar-refractivity contribution >= 4 is 15.9 Å². The first-order valence-electron chi connectivity index (χ1n) is 5.36. The molecule has 0 saturated carbocycles. The standard InChI is InChI=1S/C12H17BrFNO/c1-3-7(2)12(16)11(15)8-4-5-9(13)10(14)6-8/h4-7,11-12,16H,3,15H2,1-2H3/t7?,11-,12+/m0/s1. The number of nitrogens with two attached hydrogens (primary N) is 1. The number of benzene rings is 1. The average molecular weight is 290 g/mol. The van der Waals surface area contributed by atoms with Crippen molar-refractivity contribution in [3.05, 3.63) is 34.1 Å². The predicted molar refractivity (Wildman–Crippen MR) is 66.5 cm³/mol. The van der Waals surface area contributed by atoms with Crippen molar-refractivity contribution in [1.29, 1.82) is 0 Å². The second kappa shape index (κ2) is 5.75. The quantitative estimate of drug-likeness (QED) is 0.895. The molecule has 0 aliphatic rings. The van der Waals surface area contributed by atoms with Gasteiger partial charge < -0.3 is 10.8 Å². The van der Waals surface area contributed by atoms with Gasteiger partial charge in [-0.25, -0.2) is 4.39 Å². The zero-order valence-corrected chi connectivity index (χ0v) is 11.0. The summed E-state index contributed by atoms with van der Waals surface area (Å²) in [5.41, 5.74) is 6.52. The topological polar surface area (TPSA) is 46.2 Å². The Hall–Kier alpha value is -0.450. The van der Waals surface area contributed by atoms with E-state index in [4.69, 9.17) is 5.73 Å². The summed E-state index contributed by atoms with van der Waals surface area (Å²) in [4.78, 5) is 0. The summed E-state index contributed by atoms with van der Waals surface area (Å²) in [5.74, 6) is -0.258. The first-order chi connectivity index (χ1) is 7.47. The molecule has 0 bridgehead atoms. The van der Waals surface area contributed by atoms with Crippen LogP contribution in [0.3, 0.4) is 0 Å². The first-order valence-corrected chi connectivity index (χ1v) is 6.15. The lowest BCUT2D eigenvalue weighted by Gasteiger charge is -2.24. The van der Waals surface area contributed by atoms with Crippen LogP contribution in [0, 0.1) is 11.7 Å². The fraction of sp³-hybridized carbons (Fsp3) is 0.500. The summed E-state index contributed by atoms with van der Waals surface area (Å²) >= 11 is 3.08. The number of hydrogen-bond acceptors (Lipinski definition) is 2. The molecule has 0 heterocycles. The van der Waals surface area contributed by atoms with Crippen LogP contribution < -0.4 is 5.73 Å². The molecule has 90 valence electrons. The van der Waals surface area contributed by atoms with Crippen LogP contribution in [0.2, 0.25) is 0 Å². The van der Waals surface area contributed by atoms with Crippen LogP contribution >= 0.6 is 15.9 Å². The summed E-state index contributed by atoms with van der Waals surface area (Å²) in [5, 5.41) is 9.94. The van der Waals surface area contributed by atoms with Gasteiger partial charge in [-0.2, -0.15) is 0 Å². The molecule has 0 amide bonds. The summed E-state index contributed by atoms with van der Waals surface area (Å²) < 4.78 is 13.7. The van der Waals surface area contributed by atoms with Crippen LogP contribution in [0.15, 0.2) is 22.7 Å². The molecule has 0 aromatic heterocycles. The minimum absolute atomic E-state index is 0.0988. The van der Waals surface area contributed by atoms with Gasteiger partial charge in [0.15, 0.2) is 0 Å². The smallest absolute Gasteiger partial charge is 0.137 e. The third kappa shape index (κ3) is 3.03. The van der Waals surface area contributed by atoms with Crippen molar-refractivity contribution in [2.24, 2.45) is 11.7 Å². The summed E-state index contributed by atoms with van der Waals surface area (Å²) in [6, 6.07) is 4.15. The molecule has 0 spiro atoms. The molecule has 3 N–H and O–H groups in total. The van der Waals surface area contributed by atoms with Crippen LogP contribution in [0.1, 0.15) is 31.9 Å². The van der Waals surface area contributed by atoms with E-state index in [-0.39, 0.29) is 11.7 Å². The lowest BCUT2D eigenvalue weighted by atomic mass is 9.92. The Labute approximate surface area is 104 Å². The maximum absolute atomic E-state index is 13.3. The SMILES string of the molecule is CCC(C)[C@@H](O)[C@@H](N)c1ccc(Br)c(F)c1. The number of halogens is 2. The maximum Gasteiger partial charge on any atom is 0.137 e. The fourth-order valence-corrected chi connectivity index (χ4v) is 1.76. The maximum atomic E-state index is 13.3.